The van der Waals surface area contributed by atoms with Gasteiger partial charge in [-0.1, -0.05) is 42.5 Å². The average molecular weight is 702 g/mol. The first-order valence-electron chi connectivity index (χ1n) is 17.2. The number of alkyl halides is 3. The number of fused-ring (bicyclic) bond motifs is 1. The number of ketones is 1. The number of carbonyl (C=O) groups is 2. The first-order valence-corrected chi connectivity index (χ1v) is 17.2. The monoisotopic (exact) mass is 701 g/mol. The smallest absolute Gasteiger partial charge is 0.389 e. The van der Waals surface area contributed by atoms with Crippen LogP contribution in [0.1, 0.15) is 64.6 Å². The van der Waals surface area contributed by atoms with Crippen LogP contribution in [0.2, 0.25) is 0 Å². The fourth-order valence-corrected chi connectivity index (χ4v) is 6.95. The molecule has 1 atom stereocenters. The van der Waals surface area contributed by atoms with Gasteiger partial charge in [0.1, 0.15) is 11.4 Å². The summed E-state index contributed by atoms with van der Waals surface area (Å²) in [5, 5.41) is 10.6. The summed E-state index contributed by atoms with van der Waals surface area (Å²) in [5.41, 5.74) is 4.24. The number of benzene rings is 3. The van der Waals surface area contributed by atoms with Crippen LogP contribution in [0.15, 0.2) is 79.0 Å². The molecule has 5 aromatic rings. The number of carbonyl (C=O) groups excluding carboxylic acids is 2. The predicted octanol–water partition coefficient (Wildman–Crippen LogP) is 7.01. The summed E-state index contributed by atoms with van der Waals surface area (Å²) in [6.07, 6.45) is -1.61. The van der Waals surface area contributed by atoms with Gasteiger partial charge in [-0.05, 0) is 81.2 Å². The van der Waals surface area contributed by atoms with Gasteiger partial charge >= 0.3 is 6.18 Å². The highest BCUT2D eigenvalue weighted by atomic mass is 19.4. The number of aryl methyl sites for hydroxylation is 1. The van der Waals surface area contributed by atoms with Crippen molar-refractivity contribution in [2.45, 2.75) is 50.7 Å². The van der Waals surface area contributed by atoms with Crippen LogP contribution in [0.25, 0.3) is 22.3 Å². The Kier molecular flexibility index (Phi) is 11.1. The van der Waals surface area contributed by atoms with Crippen LogP contribution in [-0.2, 0) is 6.54 Å². The molecule has 0 spiro atoms. The molecule has 1 fully saturated rings. The summed E-state index contributed by atoms with van der Waals surface area (Å²) >= 11 is 0. The normalized spacial score (nSPS) is 14.8. The second-order valence-electron chi connectivity index (χ2n) is 13.1. The standard InChI is InChI=1S/C38H42F3N7O3/c1-46(37(50)30-23-28(13-14-34(30)51-2)32-24-42-45-44-32)25-29(26-9-4-3-5-10-26)17-22-47-20-15-27(16-21-47)35(49)36-43-31-11-6-7-12-33(31)48(36)19-8-18-38(39,40)41/h3-7,9-14,23-24,27,29H,8,15-22,25H2,1-2H3,(H,42,44,45). The number of hydrogen-bond acceptors (Lipinski definition) is 7. The van der Waals surface area contributed by atoms with Crippen LogP contribution in [0.4, 0.5) is 13.2 Å². The van der Waals surface area contributed by atoms with Gasteiger partial charge in [0.05, 0.1) is 29.9 Å². The number of rotatable bonds is 14. The van der Waals surface area contributed by atoms with Gasteiger partial charge in [-0.15, -0.1) is 0 Å². The van der Waals surface area contributed by atoms with E-state index in [1.54, 1.807) is 54.1 Å². The maximum atomic E-state index is 13.8. The second kappa shape index (κ2) is 15.9. The van der Waals surface area contributed by atoms with E-state index in [4.69, 9.17) is 4.74 Å². The number of hydrogen-bond donors (Lipinski definition) is 1. The average Bonchev–Trinajstić information content (AvgIpc) is 3.82. The lowest BCUT2D eigenvalue weighted by atomic mass is 9.90. The largest absolute Gasteiger partial charge is 0.496 e. The van der Waals surface area contributed by atoms with Gasteiger partial charge in [0.25, 0.3) is 5.91 Å². The van der Waals surface area contributed by atoms with Crippen molar-refractivity contribution in [1.82, 2.24) is 34.8 Å². The highest BCUT2D eigenvalue weighted by Gasteiger charge is 2.31. The third kappa shape index (κ3) is 8.65. The van der Waals surface area contributed by atoms with Crippen molar-refractivity contribution >= 4 is 22.7 Å². The molecule has 13 heteroatoms. The number of methoxy groups -OCH3 is 1. The molecule has 1 saturated heterocycles. The lowest BCUT2D eigenvalue weighted by molar-refractivity contribution is -0.135. The minimum absolute atomic E-state index is 0.0563. The SMILES string of the molecule is COc1ccc(-c2cn[nH]n2)cc1C(=O)N(C)CC(CCN1CCC(C(=O)c2nc3ccccc3n2CCCC(F)(F)F)CC1)c1ccccc1. The number of nitrogens with one attached hydrogen (secondary N) is 1. The quantitative estimate of drug-likeness (QED) is 0.124. The Labute approximate surface area is 294 Å². The van der Waals surface area contributed by atoms with E-state index in [1.807, 2.05) is 36.4 Å². The molecular formula is C38H42F3N7O3. The number of H-pyrrole nitrogens is 1. The Morgan fingerprint density at radius 1 is 1.02 bits per heavy atom. The highest BCUT2D eigenvalue weighted by molar-refractivity contribution is 5.98. The van der Waals surface area contributed by atoms with Crippen molar-refractivity contribution in [3.8, 4) is 17.0 Å². The fourth-order valence-electron chi connectivity index (χ4n) is 6.95. The van der Waals surface area contributed by atoms with Crippen LogP contribution in [0.5, 0.6) is 5.75 Å². The van der Waals surface area contributed by atoms with Gasteiger partial charge in [0.15, 0.2) is 5.82 Å². The Bertz CT molecular complexity index is 1920. The number of nitrogens with zero attached hydrogens (tertiary/aromatic N) is 6. The van der Waals surface area contributed by atoms with Crippen molar-refractivity contribution in [2.24, 2.45) is 5.92 Å². The van der Waals surface area contributed by atoms with Crippen LogP contribution >= 0.6 is 0 Å². The maximum absolute atomic E-state index is 13.8. The topological polar surface area (TPSA) is 109 Å². The summed E-state index contributed by atoms with van der Waals surface area (Å²) in [6.45, 7) is 2.78. The minimum Gasteiger partial charge on any atom is -0.496 e. The number of ether oxygens (including phenoxy) is 1. The molecule has 1 aliphatic rings. The molecule has 268 valence electrons. The molecule has 6 rings (SSSR count). The van der Waals surface area contributed by atoms with Gasteiger partial charge in [0.2, 0.25) is 5.78 Å². The second-order valence-corrected chi connectivity index (χ2v) is 13.1. The van der Waals surface area contributed by atoms with Crippen molar-refractivity contribution in [3.63, 3.8) is 0 Å². The van der Waals surface area contributed by atoms with Crippen molar-refractivity contribution < 1.29 is 27.5 Å². The summed E-state index contributed by atoms with van der Waals surface area (Å²) in [5.74, 6) is 0.253. The molecule has 1 amide bonds. The van der Waals surface area contributed by atoms with E-state index in [-0.39, 0.29) is 42.3 Å². The van der Waals surface area contributed by atoms with Gasteiger partial charge < -0.3 is 19.1 Å². The lowest BCUT2D eigenvalue weighted by Gasteiger charge is -2.33. The number of likely N-dealkylation sites (N-methyl/N-ethyl adjacent to an activating group) is 1. The number of halogens is 3. The molecule has 3 heterocycles. The molecule has 10 nitrogen and oxygen atoms in total. The van der Waals surface area contributed by atoms with E-state index in [9.17, 15) is 22.8 Å². The van der Waals surface area contributed by atoms with E-state index in [1.165, 1.54) is 0 Å². The van der Waals surface area contributed by atoms with E-state index in [0.717, 1.165) is 24.1 Å². The lowest BCUT2D eigenvalue weighted by Crippen LogP contribution is -2.38. The number of amides is 1. The summed E-state index contributed by atoms with van der Waals surface area (Å²) in [7, 11) is 3.34. The van der Waals surface area contributed by atoms with Gasteiger partial charge in [0, 0.05) is 44.0 Å². The van der Waals surface area contributed by atoms with Crippen LogP contribution < -0.4 is 4.74 Å². The van der Waals surface area contributed by atoms with E-state index in [2.05, 4.69) is 37.4 Å². The molecule has 0 bridgehead atoms. The van der Waals surface area contributed by atoms with E-state index < -0.39 is 12.6 Å². The van der Waals surface area contributed by atoms with Crippen molar-refractivity contribution in [2.75, 3.05) is 40.3 Å². The molecule has 51 heavy (non-hydrogen) atoms. The van der Waals surface area contributed by atoms with E-state index in [0.29, 0.717) is 60.5 Å². The number of Topliss-reactive ketones (excluding diaryl/α,β-unsaturated/α-hetero) is 1. The minimum atomic E-state index is -4.25. The molecular weight excluding hydrogens is 659 g/mol. The third-order valence-corrected chi connectivity index (χ3v) is 9.72. The van der Waals surface area contributed by atoms with Gasteiger partial charge in [-0.3, -0.25) is 9.59 Å². The Morgan fingerprint density at radius 2 is 1.76 bits per heavy atom. The summed E-state index contributed by atoms with van der Waals surface area (Å²) < 4.78 is 46.0. The van der Waals surface area contributed by atoms with E-state index >= 15 is 0 Å². The zero-order valence-electron chi connectivity index (χ0n) is 28.8. The maximum Gasteiger partial charge on any atom is 0.389 e. The number of likely N-dealkylation sites (tertiary alicyclic amines) is 1. The van der Waals surface area contributed by atoms with Gasteiger partial charge in [-0.2, -0.15) is 28.6 Å². The van der Waals surface area contributed by atoms with Crippen molar-refractivity contribution in [3.05, 3.63) is 95.9 Å². The van der Waals surface area contributed by atoms with Crippen LogP contribution in [0.3, 0.4) is 0 Å². The summed E-state index contributed by atoms with van der Waals surface area (Å²) in [6, 6.07) is 22.7. The number of aromatic amines is 1. The van der Waals surface area contributed by atoms with Crippen LogP contribution in [0, 0.1) is 5.92 Å². The first-order chi connectivity index (χ1) is 24.6. The molecule has 1 unspecified atom stereocenters. The zero-order valence-corrected chi connectivity index (χ0v) is 28.8. The number of para-hydroxylation sites is 2. The van der Waals surface area contributed by atoms with Crippen molar-refractivity contribution in [1.29, 1.82) is 0 Å². The Balaban J connectivity index is 1.09. The fraction of sp³-hybridized carbons (Fsp3) is 0.395. The zero-order chi connectivity index (χ0) is 36.0. The van der Waals surface area contributed by atoms with Gasteiger partial charge in [-0.25, -0.2) is 4.98 Å². The number of aromatic nitrogens is 5. The Morgan fingerprint density at radius 3 is 2.47 bits per heavy atom. The molecule has 0 saturated carbocycles. The molecule has 0 radical (unpaired) electrons. The summed E-state index contributed by atoms with van der Waals surface area (Å²) in [4.78, 5) is 36.2. The molecule has 1 aliphatic heterocycles. The Hall–Kier alpha value is -5.04. The first kappa shape index (κ1) is 35.8. The number of imidazole rings is 1. The third-order valence-electron chi connectivity index (χ3n) is 9.72. The molecule has 1 N–H and O–H groups in total. The molecule has 3 aromatic carbocycles. The molecule has 0 aliphatic carbocycles. The highest BCUT2D eigenvalue weighted by Crippen LogP contribution is 2.30. The molecule has 2 aromatic heterocycles. The number of piperidine rings is 1. The predicted molar refractivity (Wildman–Crippen MR) is 188 cm³/mol. The van der Waals surface area contributed by atoms with Crippen LogP contribution in [-0.4, -0.2) is 93.0 Å².